The molecule has 0 atom stereocenters. The van der Waals surface area contributed by atoms with Crippen LogP contribution in [0, 0.1) is 5.92 Å². The lowest BCUT2D eigenvalue weighted by atomic mass is 9.97. The third kappa shape index (κ3) is 3.16. The molecule has 0 aliphatic carbocycles. The molecule has 0 bridgehead atoms. The van der Waals surface area contributed by atoms with Crippen LogP contribution in [0.1, 0.15) is 18.4 Å². The Bertz CT molecular complexity index is 695. The maximum absolute atomic E-state index is 11.1. The summed E-state index contributed by atoms with van der Waals surface area (Å²) in [4.78, 5) is 27.0. The number of carboxylic acid groups (broad SMARTS) is 1. The maximum atomic E-state index is 11.1. The Morgan fingerprint density at radius 3 is 2.86 bits per heavy atom. The van der Waals surface area contributed by atoms with Crippen LogP contribution >= 0.6 is 0 Å². The van der Waals surface area contributed by atoms with E-state index in [2.05, 4.69) is 9.88 Å². The number of benzene rings is 1. The molecule has 6 heteroatoms. The molecule has 0 amide bonds. The van der Waals surface area contributed by atoms with Gasteiger partial charge in [0, 0.05) is 6.54 Å². The van der Waals surface area contributed by atoms with Crippen LogP contribution in [0.2, 0.25) is 0 Å². The Hall–Kier alpha value is -2.08. The molecule has 2 N–H and O–H groups in total. The minimum atomic E-state index is -0.677. The highest BCUT2D eigenvalue weighted by atomic mass is 16.4. The van der Waals surface area contributed by atoms with Gasteiger partial charge in [0.05, 0.1) is 11.4 Å². The standard InChI is InChI=1S/C15H18N2O4/c18-14(19)11-4-7-17(8-5-11)6-3-10-1-2-13-12(9-10)16-15(20)21-13/h1-2,9,11H,3-8H2,(H,16,20)(H,18,19). The van der Waals surface area contributed by atoms with Crippen molar-refractivity contribution < 1.29 is 14.3 Å². The fourth-order valence-electron chi connectivity index (χ4n) is 2.85. The van der Waals surface area contributed by atoms with Gasteiger partial charge in [0.25, 0.3) is 0 Å². The second kappa shape index (κ2) is 5.73. The van der Waals surface area contributed by atoms with Crippen LogP contribution in [0.5, 0.6) is 0 Å². The number of likely N-dealkylation sites (tertiary alicyclic amines) is 1. The highest BCUT2D eigenvalue weighted by molar-refractivity contribution is 5.72. The third-order valence-electron chi connectivity index (χ3n) is 4.14. The zero-order valence-corrected chi connectivity index (χ0v) is 11.7. The summed E-state index contributed by atoms with van der Waals surface area (Å²) in [6, 6.07) is 5.70. The van der Waals surface area contributed by atoms with Gasteiger partial charge in [-0.15, -0.1) is 0 Å². The number of oxazole rings is 1. The van der Waals surface area contributed by atoms with Gasteiger partial charge in [0.15, 0.2) is 5.58 Å². The number of carboxylic acids is 1. The van der Waals surface area contributed by atoms with E-state index < -0.39 is 11.7 Å². The molecular formula is C15H18N2O4. The number of nitrogens with one attached hydrogen (secondary N) is 1. The number of aromatic amines is 1. The molecular weight excluding hydrogens is 272 g/mol. The van der Waals surface area contributed by atoms with E-state index in [0.717, 1.165) is 50.0 Å². The lowest BCUT2D eigenvalue weighted by molar-refractivity contribution is -0.143. The van der Waals surface area contributed by atoms with Crippen molar-refractivity contribution in [1.29, 1.82) is 0 Å². The number of nitrogens with zero attached hydrogens (tertiary/aromatic N) is 1. The molecule has 1 aromatic carbocycles. The second-order valence-corrected chi connectivity index (χ2v) is 5.55. The van der Waals surface area contributed by atoms with Crippen molar-refractivity contribution in [2.24, 2.45) is 5.92 Å². The molecule has 0 saturated carbocycles. The normalized spacial score (nSPS) is 17.3. The number of hydrogen-bond donors (Lipinski definition) is 2. The van der Waals surface area contributed by atoms with Crippen molar-refractivity contribution in [3.63, 3.8) is 0 Å². The fourth-order valence-corrected chi connectivity index (χ4v) is 2.85. The van der Waals surface area contributed by atoms with Gasteiger partial charge in [-0.05, 0) is 50.0 Å². The first-order valence-electron chi connectivity index (χ1n) is 7.19. The number of piperidine rings is 1. The van der Waals surface area contributed by atoms with Gasteiger partial charge in [0.1, 0.15) is 0 Å². The molecule has 112 valence electrons. The van der Waals surface area contributed by atoms with Gasteiger partial charge < -0.3 is 14.4 Å². The molecule has 1 aliphatic rings. The Labute approximate surface area is 121 Å². The van der Waals surface area contributed by atoms with E-state index in [9.17, 15) is 9.59 Å². The topological polar surface area (TPSA) is 86.5 Å². The molecule has 1 fully saturated rings. The predicted octanol–water partition coefficient (Wildman–Crippen LogP) is 1.46. The highest BCUT2D eigenvalue weighted by Gasteiger charge is 2.23. The molecule has 1 saturated heterocycles. The van der Waals surface area contributed by atoms with Crippen LogP contribution < -0.4 is 5.76 Å². The summed E-state index contributed by atoms with van der Waals surface area (Å²) in [5, 5.41) is 8.98. The molecule has 0 spiro atoms. The largest absolute Gasteiger partial charge is 0.481 e. The van der Waals surface area contributed by atoms with E-state index in [1.165, 1.54) is 0 Å². The number of aliphatic carboxylic acids is 1. The number of carbonyl (C=O) groups is 1. The lowest BCUT2D eigenvalue weighted by Crippen LogP contribution is -2.37. The number of rotatable bonds is 4. The highest BCUT2D eigenvalue weighted by Crippen LogP contribution is 2.18. The quantitative estimate of drug-likeness (QED) is 0.890. The van der Waals surface area contributed by atoms with E-state index in [0.29, 0.717) is 5.58 Å². The number of hydrogen-bond acceptors (Lipinski definition) is 4. The van der Waals surface area contributed by atoms with Gasteiger partial charge in [-0.2, -0.15) is 0 Å². The van der Waals surface area contributed by atoms with Gasteiger partial charge in [0.2, 0.25) is 0 Å². The van der Waals surface area contributed by atoms with E-state index >= 15 is 0 Å². The first-order chi connectivity index (χ1) is 10.1. The smallest absolute Gasteiger partial charge is 0.417 e. The summed E-state index contributed by atoms with van der Waals surface area (Å²) in [6.45, 7) is 2.57. The Balaban J connectivity index is 1.57. The van der Waals surface area contributed by atoms with Crippen molar-refractivity contribution in [3.05, 3.63) is 34.3 Å². The summed E-state index contributed by atoms with van der Waals surface area (Å²) in [5.41, 5.74) is 2.44. The zero-order valence-electron chi connectivity index (χ0n) is 11.7. The summed E-state index contributed by atoms with van der Waals surface area (Å²) in [5.74, 6) is -1.30. The van der Waals surface area contributed by atoms with Gasteiger partial charge in [-0.25, -0.2) is 4.79 Å². The fraction of sp³-hybridized carbons (Fsp3) is 0.467. The summed E-state index contributed by atoms with van der Waals surface area (Å²) >= 11 is 0. The average Bonchev–Trinajstić information content (AvgIpc) is 2.84. The molecule has 0 radical (unpaired) electrons. The van der Waals surface area contributed by atoms with Crippen LogP contribution in [0.15, 0.2) is 27.4 Å². The van der Waals surface area contributed by atoms with Gasteiger partial charge >= 0.3 is 11.7 Å². The summed E-state index contributed by atoms with van der Waals surface area (Å²) < 4.78 is 4.97. The number of H-pyrrole nitrogens is 1. The Morgan fingerprint density at radius 1 is 1.38 bits per heavy atom. The van der Waals surface area contributed by atoms with E-state index in [1.807, 2.05) is 12.1 Å². The van der Waals surface area contributed by atoms with E-state index in [4.69, 9.17) is 9.52 Å². The zero-order chi connectivity index (χ0) is 14.8. The second-order valence-electron chi connectivity index (χ2n) is 5.55. The monoisotopic (exact) mass is 290 g/mol. The van der Waals surface area contributed by atoms with E-state index in [-0.39, 0.29) is 5.92 Å². The maximum Gasteiger partial charge on any atom is 0.417 e. The Kier molecular flexibility index (Phi) is 3.79. The van der Waals surface area contributed by atoms with Crippen LogP contribution in [0.4, 0.5) is 0 Å². The van der Waals surface area contributed by atoms with Crippen LogP contribution in [-0.2, 0) is 11.2 Å². The van der Waals surface area contributed by atoms with Crippen molar-refractivity contribution in [3.8, 4) is 0 Å². The average molecular weight is 290 g/mol. The lowest BCUT2D eigenvalue weighted by Gasteiger charge is -2.29. The van der Waals surface area contributed by atoms with Crippen LogP contribution in [-0.4, -0.2) is 40.6 Å². The summed E-state index contributed by atoms with van der Waals surface area (Å²) in [6.07, 6.45) is 2.33. The van der Waals surface area contributed by atoms with Crippen LogP contribution in [0.3, 0.4) is 0 Å². The SMILES string of the molecule is O=C(O)C1CCN(CCc2ccc3oc(=O)[nH]c3c2)CC1. The summed E-state index contributed by atoms with van der Waals surface area (Å²) in [7, 11) is 0. The van der Waals surface area contributed by atoms with E-state index in [1.54, 1.807) is 6.07 Å². The Morgan fingerprint density at radius 2 is 2.14 bits per heavy atom. The molecule has 1 aromatic heterocycles. The van der Waals surface area contributed by atoms with Crippen molar-refractivity contribution >= 4 is 17.1 Å². The molecule has 3 rings (SSSR count). The molecule has 0 unspecified atom stereocenters. The van der Waals surface area contributed by atoms with Gasteiger partial charge in [-0.1, -0.05) is 6.07 Å². The van der Waals surface area contributed by atoms with Gasteiger partial charge in [-0.3, -0.25) is 9.78 Å². The van der Waals surface area contributed by atoms with Crippen molar-refractivity contribution in [1.82, 2.24) is 9.88 Å². The number of fused-ring (bicyclic) bond motifs is 1. The molecule has 2 aromatic rings. The molecule has 1 aliphatic heterocycles. The first kappa shape index (κ1) is 13.9. The van der Waals surface area contributed by atoms with Crippen LogP contribution in [0.25, 0.3) is 11.1 Å². The van der Waals surface area contributed by atoms with Crippen molar-refractivity contribution in [2.45, 2.75) is 19.3 Å². The molecule has 21 heavy (non-hydrogen) atoms. The predicted molar refractivity (Wildman–Crippen MR) is 77.3 cm³/mol. The van der Waals surface area contributed by atoms with Crippen molar-refractivity contribution in [2.75, 3.05) is 19.6 Å². The first-order valence-corrected chi connectivity index (χ1v) is 7.19. The minimum absolute atomic E-state index is 0.186. The molecule has 6 nitrogen and oxygen atoms in total. The molecule has 2 heterocycles. The number of aromatic nitrogens is 1. The third-order valence-corrected chi connectivity index (χ3v) is 4.14. The minimum Gasteiger partial charge on any atom is -0.481 e.